The minimum atomic E-state index is -0.406. The first-order valence-corrected chi connectivity index (χ1v) is 13.3. The summed E-state index contributed by atoms with van der Waals surface area (Å²) in [5.41, 5.74) is 4.30. The molecule has 11 heteroatoms. The first-order valence-electron chi connectivity index (χ1n) is 13.3. The Hall–Kier alpha value is -6.02. The molecule has 43 heavy (non-hydrogen) atoms. The monoisotopic (exact) mass is 573 g/mol. The molecule has 6 rings (SSSR count). The van der Waals surface area contributed by atoms with Crippen molar-refractivity contribution in [2.45, 2.75) is 6.92 Å². The first-order chi connectivity index (χ1) is 20.8. The average Bonchev–Trinajstić information content (AvgIpc) is 3.05. The highest BCUT2D eigenvalue weighted by atomic mass is 16.5. The summed E-state index contributed by atoms with van der Waals surface area (Å²) < 4.78 is 10.7. The zero-order chi connectivity index (χ0) is 30.5. The van der Waals surface area contributed by atoms with E-state index in [-0.39, 0.29) is 11.4 Å². The highest BCUT2D eigenvalue weighted by Gasteiger charge is 2.19. The molecular weight excluding hydrogens is 546 g/mol. The molecule has 0 aliphatic carbocycles. The number of hydrogen-bond acceptors (Lipinski definition) is 6. The number of para-hydroxylation sites is 2. The maximum absolute atomic E-state index is 12.5. The molecule has 0 fully saturated rings. The molecule has 0 unspecified atom stereocenters. The summed E-state index contributed by atoms with van der Waals surface area (Å²) in [5.74, 6) is -0.406. The van der Waals surface area contributed by atoms with Crippen LogP contribution in [-0.2, 0) is 18.8 Å². The average molecular weight is 574 g/mol. The summed E-state index contributed by atoms with van der Waals surface area (Å²) in [7, 11) is 3.37. The molecule has 0 saturated heterocycles. The molecule has 2 aromatic heterocycles. The molecule has 0 radical (unpaired) electrons. The molecule has 2 heterocycles. The highest BCUT2D eigenvalue weighted by Crippen LogP contribution is 2.17. The Bertz CT molecular complexity index is 2130. The number of ether oxygens (including phenoxy) is 1. The van der Waals surface area contributed by atoms with Crippen LogP contribution in [0, 0.1) is 6.57 Å². The molecule has 6 aromatic rings. The Morgan fingerprint density at radius 3 is 1.74 bits per heavy atom. The lowest BCUT2D eigenvalue weighted by Gasteiger charge is -2.04. The van der Waals surface area contributed by atoms with E-state index < -0.39 is 5.97 Å². The van der Waals surface area contributed by atoms with Gasteiger partial charge in [0.25, 0.3) is 0 Å². The lowest BCUT2D eigenvalue weighted by atomic mass is 10.2. The van der Waals surface area contributed by atoms with Gasteiger partial charge in [0.1, 0.15) is 5.52 Å². The van der Waals surface area contributed by atoms with E-state index in [2.05, 4.69) is 15.0 Å². The lowest BCUT2D eigenvalue weighted by molar-refractivity contribution is -0.665. The Morgan fingerprint density at radius 1 is 0.767 bits per heavy atom. The van der Waals surface area contributed by atoms with E-state index in [1.807, 2.05) is 48.5 Å². The van der Waals surface area contributed by atoms with E-state index in [1.165, 1.54) is 18.5 Å². The number of esters is 1. The standard InChI is InChI=1S/C17H16N3O3.C15H11N4O/c1-3-23-16(21)12-9-10-15-14(11-12)18-20(17(22)19(15)2)13-7-5-4-6-8-13;1-16-11-8-9-14-13(10-11)17-19(15(20)18(14)2)12-6-4-3-5-7-12/h4-11H,3H2,1-2H3;3-10H,2H3/q2*+1. The Labute approximate surface area is 245 Å². The van der Waals surface area contributed by atoms with Gasteiger partial charge in [-0.3, -0.25) is 0 Å². The molecule has 0 saturated carbocycles. The summed E-state index contributed by atoms with van der Waals surface area (Å²) >= 11 is 0. The quantitative estimate of drug-likeness (QED) is 0.182. The second kappa shape index (κ2) is 12.2. The summed E-state index contributed by atoms with van der Waals surface area (Å²) in [6.07, 6.45) is 0. The Kier molecular flexibility index (Phi) is 8.11. The Morgan fingerprint density at radius 2 is 1.26 bits per heavy atom. The van der Waals surface area contributed by atoms with Crippen molar-refractivity contribution < 1.29 is 18.7 Å². The molecule has 0 aliphatic rings. The molecule has 11 nitrogen and oxygen atoms in total. The molecular formula is C32H27N7O4+2. The van der Waals surface area contributed by atoms with Crippen molar-refractivity contribution in [2.24, 2.45) is 14.1 Å². The van der Waals surface area contributed by atoms with Gasteiger partial charge in [-0.05, 0) is 61.5 Å². The number of nitrogens with zero attached hydrogens (tertiary/aromatic N) is 7. The van der Waals surface area contributed by atoms with Crippen LogP contribution in [0.25, 0.3) is 38.3 Å². The van der Waals surface area contributed by atoms with Crippen LogP contribution in [-0.4, -0.2) is 32.1 Å². The molecule has 0 aliphatic heterocycles. The van der Waals surface area contributed by atoms with E-state index in [0.717, 1.165) is 0 Å². The third-order valence-corrected chi connectivity index (χ3v) is 6.65. The van der Waals surface area contributed by atoms with Gasteiger partial charge in [-0.2, -0.15) is 18.7 Å². The molecule has 0 bridgehead atoms. The van der Waals surface area contributed by atoms with E-state index in [4.69, 9.17) is 11.3 Å². The van der Waals surface area contributed by atoms with Crippen molar-refractivity contribution in [3.05, 3.63) is 135 Å². The number of carbonyl (C=O) groups excluding carboxylic acids is 1. The fourth-order valence-corrected chi connectivity index (χ4v) is 4.44. The van der Waals surface area contributed by atoms with Crippen LogP contribution in [0.5, 0.6) is 0 Å². The molecule has 212 valence electrons. The topological polar surface area (TPSA) is 108 Å². The van der Waals surface area contributed by atoms with Gasteiger partial charge in [-0.1, -0.05) is 62.0 Å². The molecule has 0 amide bonds. The van der Waals surface area contributed by atoms with E-state index in [0.29, 0.717) is 51.3 Å². The van der Waals surface area contributed by atoms with Crippen LogP contribution in [0.2, 0.25) is 0 Å². The van der Waals surface area contributed by atoms with Gasteiger partial charge in [0.2, 0.25) is 0 Å². The highest BCUT2D eigenvalue weighted by molar-refractivity contribution is 5.92. The van der Waals surface area contributed by atoms with Gasteiger partial charge in [0, 0.05) is 0 Å². The number of hydrogen-bond donors (Lipinski definition) is 0. The van der Waals surface area contributed by atoms with Crippen molar-refractivity contribution >= 4 is 33.7 Å². The first kappa shape index (κ1) is 28.5. The summed E-state index contributed by atoms with van der Waals surface area (Å²) in [6, 6.07) is 28.4. The third-order valence-electron chi connectivity index (χ3n) is 6.65. The number of fused-ring (bicyclic) bond motifs is 2. The lowest BCUT2D eigenvalue weighted by Crippen LogP contribution is -2.52. The van der Waals surface area contributed by atoms with Crippen LogP contribution in [0.1, 0.15) is 17.3 Å². The van der Waals surface area contributed by atoms with Gasteiger partial charge in [-0.25, -0.2) is 9.64 Å². The third kappa shape index (κ3) is 5.75. The maximum Gasteiger partial charge on any atom is 0.524 e. The van der Waals surface area contributed by atoms with Crippen molar-refractivity contribution in [2.75, 3.05) is 6.61 Å². The van der Waals surface area contributed by atoms with Gasteiger partial charge < -0.3 is 4.74 Å². The van der Waals surface area contributed by atoms with Crippen molar-refractivity contribution in [1.82, 2.24) is 19.6 Å². The summed E-state index contributed by atoms with van der Waals surface area (Å²) in [5, 5.41) is 8.74. The molecule has 0 spiro atoms. The van der Waals surface area contributed by atoms with Gasteiger partial charge >= 0.3 is 17.3 Å². The minimum Gasteiger partial charge on any atom is -0.462 e. The number of carbonyl (C=O) groups is 1. The van der Waals surface area contributed by atoms with Crippen LogP contribution >= 0.6 is 0 Å². The van der Waals surface area contributed by atoms with Crippen LogP contribution < -0.4 is 20.5 Å². The number of benzene rings is 4. The largest absolute Gasteiger partial charge is 0.524 e. The van der Waals surface area contributed by atoms with Crippen molar-refractivity contribution in [1.29, 1.82) is 0 Å². The predicted octanol–water partition coefficient (Wildman–Crippen LogP) is 3.15. The second-order valence-corrected chi connectivity index (χ2v) is 9.39. The zero-order valence-electron chi connectivity index (χ0n) is 23.7. The smallest absolute Gasteiger partial charge is 0.462 e. The number of aryl methyl sites for hydroxylation is 2. The van der Waals surface area contributed by atoms with Gasteiger partial charge in [0.05, 0.1) is 32.8 Å². The fraction of sp³-hybridized carbons (Fsp3) is 0.125. The van der Waals surface area contributed by atoms with Gasteiger partial charge in [-0.15, -0.1) is 0 Å². The van der Waals surface area contributed by atoms with E-state index >= 15 is 0 Å². The maximum atomic E-state index is 12.5. The zero-order valence-corrected chi connectivity index (χ0v) is 23.7. The second-order valence-electron chi connectivity index (χ2n) is 9.39. The number of rotatable bonds is 4. The summed E-state index contributed by atoms with van der Waals surface area (Å²) in [6.45, 7) is 9.12. The van der Waals surface area contributed by atoms with Crippen molar-refractivity contribution in [3.63, 3.8) is 0 Å². The molecule has 0 atom stereocenters. The normalized spacial score (nSPS) is 10.6. The fourth-order valence-electron chi connectivity index (χ4n) is 4.44. The van der Waals surface area contributed by atoms with Gasteiger partial charge in [0.15, 0.2) is 33.6 Å². The number of aromatic nitrogens is 6. The SMILES string of the molecule is CCOC(=O)c1ccc2c(c1)nn(-c1ccccc1)c(=O)[n+]2C.[C-]#[N+]c1ccc2c(c1)nn(-c1ccccc1)c(=O)[n+]2C. The van der Waals surface area contributed by atoms with Crippen LogP contribution in [0.15, 0.2) is 107 Å². The Balaban J connectivity index is 0.000000173. The van der Waals surface area contributed by atoms with E-state index in [1.54, 1.807) is 69.6 Å². The summed E-state index contributed by atoms with van der Waals surface area (Å²) in [4.78, 5) is 40.1. The van der Waals surface area contributed by atoms with Crippen molar-refractivity contribution in [3.8, 4) is 11.4 Å². The van der Waals surface area contributed by atoms with Crippen LogP contribution in [0.4, 0.5) is 5.69 Å². The molecule has 4 aromatic carbocycles. The minimum absolute atomic E-state index is 0.223. The molecule has 0 N–H and O–H groups in total. The van der Waals surface area contributed by atoms with E-state index in [9.17, 15) is 14.4 Å². The van der Waals surface area contributed by atoms with Crippen LogP contribution in [0.3, 0.4) is 0 Å². The predicted molar refractivity (Wildman–Crippen MR) is 159 cm³/mol.